The lowest BCUT2D eigenvalue weighted by Crippen LogP contribution is -2.45. The van der Waals surface area contributed by atoms with Crippen LogP contribution in [0, 0.1) is 0 Å². The number of benzene rings is 1. The molecular formula is C17H19ClN2O3S. The number of halogens is 1. The van der Waals surface area contributed by atoms with Crippen LogP contribution in [0.1, 0.15) is 18.1 Å². The summed E-state index contributed by atoms with van der Waals surface area (Å²) in [6.07, 6.45) is 0. The van der Waals surface area contributed by atoms with Crippen molar-refractivity contribution >= 4 is 34.8 Å². The van der Waals surface area contributed by atoms with Gasteiger partial charge < -0.3 is 15.4 Å². The third-order valence-corrected chi connectivity index (χ3v) is 4.68. The first-order valence-corrected chi connectivity index (χ1v) is 8.65. The Morgan fingerprint density at radius 2 is 2.00 bits per heavy atom. The zero-order valence-corrected chi connectivity index (χ0v) is 15.0. The summed E-state index contributed by atoms with van der Waals surface area (Å²) in [5.41, 5.74) is 0.993. The molecule has 1 heterocycles. The van der Waals surface area contributed by atoms with E-state index in [9.17, 15) is 9.59 Å². The third-order valence-electron chi connectivity index (χ3n) is 3.71. The quantitative estimate of drug-likeness (QED) is 0.772. The van der Waals surface area contributed by atoms with Crippen molar-refractivity contribution in [2.24, 2.45) is 0 Å². The first-order chi connectivity index (χ1) is 11.4. The average Bonchev–Trinajstić information content (AvgIpc) is 3.10. The maximum absolute atomic E-state index is 12.0. The van der Waals surface area contributed by atoms with Gasteiger partial charge >= 0.3 is 11.8 Å². The molecular weight excluding hydrogens is 348 g/mol. The molecule has 7 heteroatoms. The SMILES string of the molecule is COC(C)(CNC(=O)C(=O)NCc1ccsc1)c1cccc(Cl)c1. The van der Waals surface area contributed by atoms with E-state index in [-0.39, 0.29) is 6.54 Å². The number of carbonyl (C=O) groups excluding carboxylic acids is 2. The van der Waals surface area contributed by atoms with E-state index in [0.717, 1.165) is 11.1 Å². The number of amides is 2. The van der Waals surface area contributed by atoms with Gasteiger partial charge in [-0.05, 0) is 47.0 Å². The number of hydrogen-bond acceptors (Lipinski definition) is 4. The van der Waals surface area contributed by atoms with Crippen LogP contribution in [0.4, 0.5) is 0 Å². The van der Waals surface area contributed by atoms with Gasteiger partial charge in [0, 0.05) is 18.7 Å². The molecule has 2 rings (SSSR count). The normalized spacial score (nSPS) is 13.1. The van der Waals surface area contributed by atoms with Gasteiger partial charge in [-0.1, -0.05) is 23.7 Å². The number of hydrogen-bond donors (Lipinski definition) is 2. The van der Waals surface area contributed by atoms with Crippen molar-refractivity contribution in [1.29, 1.82) is 0 Å². The van der Waals surface area contributed by atoms with Crippen LogP contribution < -0.4 is 10.6 Å². The van der Waals surface area contributed by atoms with E-state index in [4.69, 9.17) is 16.3 Å². The lowest BCUT2D eigenvalue weighted by molar-refractivity contribution is -0.140. The van der Waals surface area contributed by atoms with E-state index >= 15 is 0 Å². The predicted octanol–water partition coefficient (Wildman–Crippen LogP) is 2.70. The van der Waals surface area contributed by atoms with Crippen molar-refractivity contribution in [2.45, 2.75) is 19.1 Å². The average molecular weight is 367 g/mol. The zero-order valence-electron chi connectivity index (χ0n) is 13.5. The molecule has 1 aromatic heterocycles. The minimum atomic E-state index is -0.784. The maximum atomic E-state index is 12.0. The van der Waals surface area contributed by atoms with Crippen LogP contribution in [0.15, 0.2) is 41.1 Å². The first kappa shape index (κ1) is 18.4. The van der Waals surface area contributed by atoms with E-state index in [1.54, 1.807) is 19.2 Å². The highest BCUT2D eigenvalue weighted by Crippen LogP contribution is 2.26. The Kier molecular flexibility index (Phi) is 6.36. The van der Waals surface area contributed by atoms with Gasteiger partial charge in [-0.3, -0.25) is 9.59 Å². The molecule has 0 aliphatic carbocycles. The van der Waals surface area contributed by atoms with Crippen molar-refractivity contribution in [3.63, 3.8) is 0 Å². The molecule has 0 spiro atoms. The second-order valence-corrected chi connectivity index (χ2v) is 6.66. The van der Waals surface area contributed by atoms with Gasteiger partial charge in [0.15, 0.2) is 0 Å². The molecule has 1 unspecified atom stereocenters. The molecule has 128 valence electrons. The highest BCUT2D eigenvalue weighted by Gasteiger charge is 2.28. The number of methoxy groups -OCH3 is 1. The molecule has 2 amide bonds. The number of carbonyl (C=O) groups is 2. The summed E-state index contributed by atoms with van der Waals surface area (Å²) in [5.74, 6) is -1.37. The third kappa shape index (κ3) is 4.80. The van der Waals surface area contributed by atoms with Crippen LogP contribution in [-0.2, 0) is 26.5 Å². The second-order valence-electron chi connectivity index (χ2n) is 5.44. The Labute approximate surface area is 150 Å². The molecule has 2 N–H and O–H groups in total. The van der Waals surface area contributed by atoms with E-state index in [0.29, 0.717) is 11.6 Å². The molecule has 0 saturated heterocycles. The highest BCUT2D eigenvalue weighted by molar-refractivity contribution is 7.07. The monoisotopic (exact) mass is 366 g/mol. The van der Waals surface area contributed by atoms with Gasteiger partial charge in [0.25, 0.3) is 0 Å². The Bertz CT molecular complexity index is 706. The Morgan fingerprint density at radius 3 is 2.62 bits per heavy atom. The van der Waals surface area contributed by atoms with Crippen molar-refractivity contribution in [3.8, 4) is 0 Å². The molecule has 0 radical (unpaired) electrons. The summed E-state index contributed by atoms with van der Waals surface area (Å²) >= 11 is 7.54. The van der Waals surface area contributed by atoms with E-state index in [1.165, 1.54) is 11.3 Å². The molecule has 0 aliphatic rings. The number of rotatable bonds is 6. The lowest BCUT2D eigenvalue weighted by atomic mass is 9.95. The van der Waals surface area contributed by atoms with Crippen molar-refractivity contribution < 1.29 is 14.3 Å². The minimum Gasteiger partial charge on any atom is -0.372 e. The molecule has 5 nitrogen and oxygen atoms in total. The highest BCUT2D eigenvalue weighted by atomic mass is 35.5. The van der Waals surface area contributed by atoms with Gasteiger partial charge in [-0.15, -0.1) is 0 Å². The Balaban J connectivity index is 1.92. The Morgan fingerprint density at radius 1 is 1.25 bits per heavy atom. The van der Waals surface area contributed by atoms with Crippen LogP contribution >= 0.6 is 22.9 Å². The summed E-state index contributed by atoms with van der Waals surface area (Å²) < 4.78 is 5.52. The van der Waals surface area contributed by atoms with Gasteiger partial charge in [0.05, 0.1) is 6.54 Å². The summed E-state index contributed by atoms with van der Waals surface area (Å²) in [6, 6.07) is 9.10. The predicted molar refractivity (Wildman–Crippen MR) is 95.0 cm³/mol. The van der Waals surface area contributed by atoms with Crippen LogP contribution in [-0.4, -0.2) is 25.5 Å². The summed E-state index contributed by atoms with van der Waals surface area (Å²) in [4.78, 5) is 23.8. The van der Waals surface area contributed by atoms with Crippen LogP contribution in [0.2, 0.25) is 5.02 Å². The molecule has 0 bridgehead atoms. The number of thiophene rings is 1. The molecule has 1 aromatic carbocycles. The van der Waals surface area contributed by atoms with Gasteiger partial charge in [0.1, 0.15) is 5.60 Å². The van der Waals surface area contributed by atoms with E-state index < -0.39 is 17.4 Å². The lowest BCUT2D eigenvalue weighted by Gasteiger charge is -2.29. The molecule has 0 saturated carbocycles. The van der Waals surface area contributed by atoms with Crippen molar-refractivity contribution in [2.75, 3.05) is 13.7 Å². The van der Waals surface area contributed by atoms with E-state index in [2.05, 4.69) is 10.6 Å². The fourth-order valence-electron chi connectivity index (χ4n) is 2.09. The second kappa shape index (κ2) is 8.28. The largest absolute Gasteiger partial charge is 0.372 e. The minimum absolute atomic E-state index is 0.147. The molecule has 0 aliphatic heterocycles. The van der Waals surface area contributed by atoms with E-state index in [1.807, 2.05) is 35.9 Å². The zero-order chi connectivity index (χ0) is 17.6. The van der Waals surface area contributed by atoms with Crippen molar-refractivity contribution in [1.82, 2.24) is 10.6 Å². The molecule has 24 heavy (non-hydrogen) atoms. The topological polar surface area (TPSA) is 67.4 Å². The molecule has 0 fully saturated rings. The summed E-state index contributed by atoms with van der Waals surface area (Å²) in [7, 11) is 1.55. The van der Waals surface area contributed by atoms with Crippen LogP contribution in [0.5, 0.6) is 0 Å². The van der Waals surface area contributed by atoms with Gasteiger partial charge in [0.2, 0.25) is 0 Å². The van der Waals surface area contributed by atoms with Crippen LogP contribution in [0.3, 0.4) is 0 Å². The maximum Gasteiger partial charge on any atom is 0.309 e. The fraction of sp³-hybridized carbons (Fsp3) is 0.294. The number of nitrogens with one attached hydrogen (secondary N) is 2. The number of ether oxygens (including phenoxy) is 1. The summed E-state index contributed by atoms with van der Waals surface area (Å²) in [5, 5.41) is 9.60. The standard InChI is InChI=1S/C17H19ClN2O3S/c1-17(23-2,13-4-3-5-14(18)8-13)11-20-16(22)15(21)19-9-12-6-7-24-10-12/h3-8,10H,9,11H2,1-2H3,(H,19,21)(H,20,22). The van der Waals surface area contributed by atoms with Gasteiger partial charge in [-0.25, -0.2) is 0 Å². The molecule has 1 atom stereocenters. The first-order valence-electron chi connectivity index (χ1n) is 7.33. The van der Waals surface area contributed by atoms with Crippen LogP contribution in [0.25, 0.3) is 0 Å². The fourth-order valence-corrected chi connectivity index (χ4v) is 2.95. The Hall–Kier alpha value is -1.89. The smallest absolute Gasteiger partial charge is 0.309 e. The summed E-state index contributed by atoms with van der Waals surface area (Å²) in [6.45, 7) is 2.29. The molecule has 2 aromatic rings. The van der Waals surface area contributed by atoms with Gasteiger partial charge in [-0.2, -0.15) is 11.3 Å². The van der Waals surface area contributed by atoms with Crippen molar-refractivity contribution in [3.05, 3.63) is 57.2 Å².